The average molecular weight is 345 g/mol. The van der Waals surface area contributed by atoms with Crippen molar-refractivity contribution in [3.63, 3.8) is 0 Å². The van der Waals surface area contributed by atoms with E-state index >= 15 is 0 Å². The van der Waals surface area contributed by atoms with Crippen LogP contribution in [0.25, 0.3) is 11.0 Å². The van der Waals surface area contributed by atoms with Crippen molar-refractivity contribution in [1.29, 1.82) is 0 Å². The number of rotatable bonds is 5. The van der Waals surface area contributed by atoms with Crippen molar-refractivity contribution in [3.8, 4) is 5.75 Å². The van der Waals surface area contributed by atoms with Crippen molar-refractivity contribution in [2.45, 2.75) is 18.7 Å². The molecule has 0 spiro atoms. The van der Waals surface area contributed by atoms with E-state index in [0.29, 0.717) is 23.6 Å². The van der Waals surface area contributed by atoms with E-state index in [2.05, 4.69) is 9.71 Å². The van der Waals surface area contributed by atoms with Crippen LogP contribution in [0.1, 0.15) is 12.7 Å². The van der Waals surface area contributed by atoms with E-state index in [9.17, 15) is 8.42 Å². The number of nitrogens with one attached hydrogen (secondary N) is 1. The predicted molar refractivity (Wildman–Crippen MR) is 93.9 cm³/mol. The van der Waals surface area contributed by atoms with Crippen LogP contribution >= 0.6 is 0 Å². The molecule has 0 bridgehead atoms. The Morgan fingerprint density at radius 2 is 1.96 bits per heavy atom. The molecular weight excluding hydrogens is 326 g/mol. The van der Waals surface area contributed by atoms with Crippen LogP contribution in [-0.4, -0.2) is 24.6 Å². The number of aromatic nitrogens is 2. The number of benzene rings is 2. The van der Waals surface area contributed by atoms with E-state index in [4.69, 9.17) is 4.74 Å². The topological polar surface area (TPSA) is 73.2 Å². The molecule has 3 rings (SSSR count). The van der Waals surface area contributed by atoms with Gasteiger partial charge < -0.3 is 9.30 Å². The van der Waals surface area contributed by atoms with Gasteiger partial charge in [0.15, 0.2) is 0 Å². The summed E-state index contributed by atoms with van der Waals surface area (Å²) in [4.78, 5) is 4.55. The lowest BCUT2D eigenvalue weighted by Gasteiger charge is -2.12. The van der Waals surface area contributed by atoms with Crippen LogP contribution < -0.4 is 9.46 Å². The predicted octanol–water partition coefficient (Wildman–Crippen LogP) is 3.08. The van der Waals surface area contributed by atoms with Gasteiger partial charge in [-0.05, 0) is 44.2 Å². The zero-order valence-electron chi connectivity index (χ0n) is 13.8. The number of hydrogen-bond donors (Lipinski definition) is 1. The lowest BCUT2D eigenvalue weighted by molar-refractivity contribution is 0.342. The first-order valence-corrected chi connectivity index (χ1v) is 9.08. The molecule has 24 heavy (non-hydrogen) atoms. The van der Waals surface area contributed by atoms with Crippen molar-refractivity contribution in [2.24, 2.45) is 7.05 Å². The van der Waals surface area contributed by atoms with Crippen molar-refractivity contribution in [3.05, 3.63) is 48.3 Å². The van der Waals surface area contributed by atoms with Gasteiger partial charge in [0, 0.05) is 7.05 Å². The summed E-state index contributed by atoms with van der Waals surface area (Å²) in [6.45, 7) is 4.19. The number of nitrogens with zero attached hydrogens (tertiary/aromatic N) is 2. The Morgan fingerprint density at radius 1 is 1.21 bits per heavy atom. The van der Waals surface area contributed by atoms with Crippen LogP contribution in [-0.2, 0) is 17.1 Å². The Hall–Kier alpha value is -2.54. The van der Waals surface area contributed by atoms with Gasteiger partial charge in [-0.3, -0.25) is 4.72 Å². The molecule has 0 fully saturated rings. The van der Waals surface area contributed by atoms with Crippen LogP contribution in [0.15, 0.2) is 47.4 Å². The maximum Gasteiger partial charge on any atom is 0.262 e. The van der Waals surface area contributed by atoms with E-state index in [0.717, 1.165) is 11.3 Å². The summed E-state index contributed by atoms with van der Waals surface area (Å²) in [5, 5.41) is 0. The van der Waals surface area contributed by atoms with Crippen molar-refractivity contribution >= 4 is 26.7 Å². The first-order chi connectivity index (χ1) is 11.4. The number of fused-ring (bicyclic) bond motifs is 1. The van der Waals surface area contributed by atoms with Gasteiger partial charge in [0.1, 0.15) is 11.6 Å². The zero-order valence-corrected chi connectivity index (χ0v) is 14.6. The molecule has 1 N–H and O–H groups in total. The van der Waals surface area contributed by atoms with Crippen molar-refractivity contribution < 1.29 is 13.2 Å². The summed E-state index contributed by atoms with van der Waals surface area (Å²) in [6, 6.07) is 11.9. The molecule has 1 heterocycles. The molecule has 0 atom stereocenters. The van der Waals surface area contributed by atoms with Gasteiger partial charge >= 0.3 is 0 Å². The number of para-hydroxylation sites is 2. The van der Waals surface area contributed by atoms with Gasteiger partial charge in [-0.2, -0.15) is 0 Å². The molecule has 0 saturated heterocycles. The molecular formula is C17H19N3O3S. The summed E-state index contributed by atoms with van der Waals surface area (Å²) in [7, 11) is -1.83. The largest absolute Gasteiger partial charge is 0.492 e. The molecule has 0 amide bonds. The fourth-order valence-corrected chi connectivity index (χ4v) is 3.59. The second kappa shape index (κ2) is 6.16. The molecule has 6 nitrogen and oxygen atoms in total. The molecule has 7 heteroatoms. The third-order valence-corrected chi connectivity index (χ3v) is 5.18. The monoisotopic (exact) mass is 345 g/mol. The Kier molecular flexibility index (Phi) is 4.19. The highest BCUT2D eigenvalue weighted by atomic mass is 32.2. The lowest BCUT2D eigenvalue weighted by atomic mass is 10.3. The Bertz CT molecular complexity index is 993. The van der Waals surface area contributed by atoms with Crippen LogP contribution in [0.5, 0.6) is 5.75 Å². The fraction of sp³-hybridized carbons (Fsp3) is 0.235. The standard InChI is InChI=1S/C17H19N3O3S/c1-4-23-17-8-6-5-7-14(17)19-24(21,22)13-9-10-16-15(11-13)18-12(2)20(16)3/h5-11,19H,4H2,1-3H3. The number of imidazole rings is 1. The van der Waals surface area contributed by atoms with Crippen LogP contribution in [0.2, 0.25) is 0 Å². The van der Waals surface area contributed by atoms with Gasteiger partial charge in [0.05, 0.1) is 28.2 Å². The van der Waals surface area contributed by atoms with Gasteiger partial charge in [-0.25, -0.2) is 13.4 Å². The number of anilines is 1. The molecule has 0 aliphatic carbocycles. The average Bonchev–Trinajstić information content (AvgIpc) is 2.83. The van der Waals surface area contributed by atoms with E-state index in [1.165, 1.54) is 0 Å². The normalized spacial score (nSPS) is 11.6. The highest BCUT2D eigenvalue weighted by Gasteiger charge is 2.18. The van der Waals surface area contributed by atoms with Gasteiger partial charge in [-0.15, -0.1) is 0 Å². The second-order valence-electron chi connectivity index (χ2n) is 5.40. The smallest absolute Gasteiger partial charge is 0.262 e. The number of hydrogen-bond acceptors (Lipinski definition) is 4. The second-order valence-corrected chi connectivity index (χ2v) is 7.09. The molecule has 0 aliphatic rings. The molecule has 1 aromatic heterocycles. The summed E-state index contributed by atoms with van der Waals surface area (Å²) >= 11 is 0. The number of sulfonamides is 1. The minimum atomic E-state index is -3.73. The van der Waals surface area contributed by atoms with E-state index in [1.54, 1.807) is 42.5 Å². The van der Waals surface area contributed by atoms with Crippen LogP contribution in [0, 0.1) is 6.92 Å². The molecule has 0 aliphatic heterocycles. The fourth-order valence-electron chi connectivity index (χ4n) is 2.50. The molecule has 126 valence electrons. The minimum absolute atomic E-state index is 0.166. The maximum atomic E-state index is 12.7. The van der Waals surface area contributed by atoms with Gasteiger partial charge in [0.25, 0.3) is 10.0 Å². The highest BCUT2D eigenvalue weighted by molar-refractivity contribution is 7.92. The molecule has 0 saturated carbocycles. The van der Waals surface area contributed by atoms with Crippen molar-refractivity contribution in [2.75, 3.05) is 11.3 Å². The Labute approximate surface area is 141 Å². The molecule has 3 aromatic rings. The zero-order chi connectivity index (χ0) is 17.3. The summed E-state index contributed by atoms with van der Waals surface area (Å²) < 4.78 is 35.4. The Morgan fingerprint density at radius 3 is 2.71 bits per heavy atom. The van der Waals surface area contributed by atoms with E-state index < -0.39 is 10.0 Å². The summed E-state index contributed by atoms with van der Waals surface area (Å²) in [5.41, 5.74) is 1.95. The first-order valence-electron chi connectivity index (χ1n) is 7.60. The number of ether oxygens (including phenoxy) is 1. The van der Waals surface area contributed by atoms with Gasteiger partial charge in [-0.1, -0.05) is 12.1 Å². The Balaban J connectivity index is 1.99. The van der Waals surface area contributed by atoms with E-state index in [-0.39, 0.29) is 4.90 Å². The maximum absolute atomic E-state index is 12.7. The molecule has 2 aromatic carbocycles. The van der Waals surface area contributed by atoms with Crippen LogP contribution in [0.4, 0.5) is 5.69 Å². The lowest BCUT2D eigenvalue weighted by Crippen LogP contribution is -2.14. The van der Waals surface area contributed by atoms with Crippen LogP contribution in [0.3, 0.4) is 0 Å². The molecule has 0 radical (unpaired) electrons. The van der Waals surface area contributed by atoms with Gasteiger partial charge in [0.2, 0.25) is 0 Å². The van der Waals surface area contributed by atoms with E-state index in [1.807, 2.05) is 25.5 Å². The number of aryl methyl sites for hydroxylation is 2. The summed E-state index contributed by atoms with van der Waals surface area (Å²) in [6.07, 6.45) is 0. The third kappa shape index (κ3) is 2.94. The molecule has 0 unspecified atom stereocenters. The third-order valence-electron chi connectivity index (χ3n) is 3.82. The SMILES string of the molecule is CCOc1ccccc1NS(=O)(=O)c1ccc2c(c1)nc(C)n2C. The van der Waals surface area contributed by atoms with Crippen molar-refractivity contribution in [1.82, 2.24) is 9.55 Å². The minimum Gasteiger partial charge on any atom is -0.492 e. The quantitative estimate of drug-likeness (QED) is 0.771. The highest BCUT2D eigenvalue weighted by Crippen LogP contribution is 2.27. The summed E-state index contributed by atoms with van der Waals surface area (Å²) in [5.74, 6) is 1.33. The first kappa shape index (κ1) is 16.3.